The number of carbonyl (C=O) groups is 2. The van der Waals surface area contributed by atoms with Gasteiger partial charge in [-0.25, -0.2) is 50.2 Å². The number of nitrogens with one attached hydrogen (secondary N) is 5. The van der Waals surface area contributed by atoms with Crippen molar-refractivity contribution >= 4 is 78.5 Å². The highest BCUT2D eigenvalue weighted by atomic mass is 35.5. The van der Waals surface area contributed by atoms with E-state index < -0.39 is 31.7 Å². The highest BCUT2D eigenvalue weighted by Gasteiger charge is 2.26. The molecule has 0 saturated carbocycles. The van der Waals surface area contributed by atoms with Gasteiger partial charge in [-0.1, -0.05) is 37.0 Å². The molecule has 21 nitrogen and oxygen atoms in total. The number of H-pyrrole nitrogens is 1. The van der Waals surface area contributed by atoms with Crippen LogP contribution in [0.25, 0.3) is 45.0 Å². The Kier molecular flexibility index (Phi) is 18.5. The Morgan fingerprint density at radius 1 is 0.792 bits per heavy atom. The van der Waals surface area contributed by atoms with Gasteiger partial charge in [0.2, 0.25) is 31.9 Å². The van der Waals surface area contributed by atoms with Crippen LogP contribution in [0.1, 0.15) is 52.2 Å². The molecule has 6 aromatic rings. The van der Waals surface area contributed by atoms with Crippen LogP contribution in [0.5, 0.6) is 0 Å². The lowest BCUT2D eigenvalue weighted by atomic mass is 10.0. The van der Waals surface area contributed by atoms with Crippen molar-refractivity contribution in [1.29, 1.82) is 0 Å². The second-order valence-electron chi connectivity index (χ2n) is 16.8. The summed E-state index contributed by atoms with van der Waals surface area (Å²) in [6.07, 6.45) is 10.9. The number of esters is 2. The van der Waals surface area contributed by atoms with Crippen LogP contribution in [0.15, 0.2) is 61.2 Å². The summed E-state index contributed by atoms with van der Waals surface area (Å²) in [5.41, 5.74) is 1.72. The van der Waals surface area contributed by atoms with Gasteiger partial charge in [-0.05, 0) is 67.5 Å². The highest BCUT2D eigenvalue weighted by Crippen LogP contribution is 2.39. The Morgan fingerprint density at radius 2 is 1.31 bits per heavy atom. The number of anilines is 4. The minimum atomic E-state index is -3.77. The molecule has 386 valence electrons. The lowest BCUT2D eigenvalue weighted by molar-refractivity contribution is -0.142. The first-order valence-electron chi connectivity index (χ1n) is 22.1. The van der Waals surface area contributed by atoms with Gasteiger partial charge in [0.1, 0.15) is 11.9 Å². The van der Waals surface area contributed by atoms with E-state index >= 15 is 8.78 Å². The largest absolute Gasteiger partial charge is 0.469 e. The van der Waals surface area contributed by atoms with Crippen molar-refractivity contribution in [2.75, 3.05) is 66.5 Å². The van der Waals surface area contributed by atoms with E-state index in [9.17, 15) is 26.4 Å². The molecule has 1 aliphatic heterocycles. The molecule has 2 aromatic carbocycles. The monoisotopic (exact) mass is 1080 g/mol. The van der Waals surface area contributed by atoms with Gasteiger partial charge < -0.3 is 24.8 Å². The van der Waals surface area contributed by atoms with Crippen LogP contribution in [0.4, 0.5) is 32.1 Å². The Balaban J connectivity index is 0.000000239. The first kappa shape index (κ1) is 54.8. The number of ether oxygens (including phenoxy) is 3. The first-order chi connectivity index (χ1) is 34.1. The molecule has 27 heteroatoms. The molecule has 3 atom stereocenters. The number of sulfonamides is 2. The lowest BCUT2D eigenvalue weighted by Crippen LogP contribution is -2.18. The second kappa shape index (κ2) is 24.3. The number of halogens is 4. The Hall–Kier alpha value is -6.54. The van der Waals surface area contributed by atoms with Crippen molar-refractivity contribution in [2.24, 2.45) is 11.8 Å². The topological polar surface area (TPSA) is 276 Å². The third-order valence-electron chi connectivity index (χ3n) is 10.6. The molecule has 1 aliphatic rings. The van der Waals surface area contributed by atoms with E-state index in [1.165, 1.54) is 50.9 Å². The zero-order chi connectivity index (χ0) is 52.3. The summed E-state index contributed by atoms with van der Waals surface area (Å²) < 4.78 is 98.8. The number of aromatic amines is 1. The van der Waals surface area contributed by atoms with Crippen LogP contribution in [-0.2, 0) is 43.8 Å². The molecule has 0 spiro atoms. The fourth-order valence-corrected chi connectivity index (χ4v) is 8.76. The van der Waals surface area contributed by atoms with Gasteiger partial charge in [0.15, 0.2) is 11.6 Å². The molecule has 72 heavy (non-hydrogen) atoms. The number of hydrogen-bond acceptors (Lipinski definition) is 17. The predicted molar refractivity (Wildman–Crippen MR) is 268 cm³/mol. The minimum Gasteiger partial charge on any atom is -0.469 e. The number of aromatic nitrogens is 8. The van der Waals surface area contributed by atoms with Gasteiger partial charge in [0.05, 0.1) is 61.4 Å². The number of hydrogen-bond donors (Lipinski definition) is 5. The maximum absolute atomic E-state index is 15.7. The number of carbonyl (C=O) groups excluding carboxylic acids is 2. The van der Waals surface area contributed by atoms with Crippen molar-refractivity contribution in [3.63, 3.8) is 0 Å². The van der Waals surface area contributed by atoms with Crippen LogP contribution in [0.3, 0.4) is 0 Å². The summed E-state index contributed by atoms with van der Waals surface area (Å²) in [6.45, 7) is 5.20. The zero-order valence-electron chi connectivity index (χ0n) is 39.8. The maximum atomic E-state index is 15.7. The summed E-state index contributed by atoms with van der Waals surface area (Å²) in [4.78, 5) is 40.4. The van der Waals surface area contributed by atoms with Crippen molar-refractivity contribution in [1.82, 2.24) is 39.9 Å². The Labute approximate surface area is 424 Å². The van der Waals surface area contributed by atoms with Crippen molar-refractivity contribution in [3.8, 4) is 45.0 Å². The molecule has 0 amide bonds. The summed E-state index contributed by atoms with van der Waals surface area (Å²) in [5.74, 6) is -1.71. The maximum Gasteiger partial charge on any atom is 0.305 e. The molecule has 7 rings (SSSR count). The van der Waals surface area contributed by atoms with E-state index in [0.29, 0.717) is 54.1 Å². The average molecular weight is 1080 g/mol. The zero-order valence-corrected chi connectivity index (χ0v) is 42.9. The molecule has 4 aromatic heterocycles. The van der Waals surface area contributed by atoms with Gasteiger partial charge in [0, 0.05) is 83.4 Å². The first-order valence-corrected chi connectivity index (χ1v) is 26.6. The van der Waals surface area contributed by atoms with Crippen LogP contribution in [0, 0.1) is 23.5 Å². The van der Waals surface area contributed by atoms with Crippen molar-refractivity contribution in [2.45, 2.75) is 52.2 Å². The van der Waals surface area contributed by atoms with E-state index in [1.54, 1.807) is 29.2 Å². The van der Waals surface area contributed by atoms with E-state index in [-0.39, 0.29) is 86.8 Å². The molecular weight excluding hydrogens is 1030 g/mol. The molecule has 1 saturated heterocycles. The Morgan fingerprint density at radius 3 is 1.81 bits per heavy atom. The fraction of sp³-hybridized carbons (Fsp3) is 0.378. The van der Waals surface area contributed by atoms with Gasteiger partial charge in [0.25, 0.3) is 0 Å². The van der Waals surface area contributed by atoms with Crippen LogP contribution < -0.4 is 20.1 Å². The predicted octanol–water partition coefficient (Wildman–Crippen LogP) is 7.79. The van der Waals surface area contributed by atoms with Gasteiger partial charge in [-0.15, -0.1) is 0 Å². The minimum absolute atomic E-state index is 0.00182. The van der Waals surface area contributed by atoms with Gasteiger partial charge >= 0.3 is 11.9 Å². The molecule has 5 N–H and O–H groups in total. The normalized spacial score (nSPS) is 14.6. The second-order valence-corrected chi connectivity index (χ2v) is 21.2. The number of methoxy groups -OCH3 is 2. The SMILES string of the molecule is COC(=O)C[C@@H](C)CNc1nccc(-c2cn(C3CCCCO3)nc2-c2cc(Cl)cc(NS(C)(=O)=O)c2F)n1.COC(=O)C[C@@H](C)CNc1nccc(-c2cn[nH]c2-c2cc(Cl)cc(NS(C)(=O)=O)c2F)n1. The van der Waals surface area contributed by atoms with Crippen LogP contribution in [-0.4, -0.2) is 115 Å². The van der Waals surface area contributed by atoms with Gasteiger partial charge in [-0.2, -0.15) is 10.2 Å². The van der Waals surface area contributed by atoms with Crippen LogP contribution >= 0.6 is 23.2 Å². The smallest absolute Gasteiger partial charge is 0.305 e. The molecule has 5 heterocycles. The van der Waals surface area contributed by atoms with E-state index in [2.05, 4.69) is 60.0 Å². The summed E-state index contributed by atoms with van der Waals surface area (Å²) in [6, 6.07) is 8.40. The Bertz CT molecular complexity index is 3120. The van der Waals surface area contributed by atoms with E-state index in [1.807, 2.05) is 13.8 Å². The lowest BCUT2D eigenvalue weighted by Gasteiger charge is -2.22. The third kappa shape index (κ3) is 15.2. The van der Waals surface area contributed by atoms with E-state index in [0.717, 1.165) is 31.8 Å². The molecule has 0 aliphatic carbocycles. The van der Waals surface area contributed by atoms with Crippen LogP contribution in [0.2, 0.25) is 10.0 Å². The summed E-state index contributed by atoms with van der Waals surface area (Å²) >= 11 is 12.4. The standard InChI is InChI=1S/C25H30ClFN6O5S.C20H22ClFN6O4S/c1-15(10-22(34)37-2)13-29-25-28-8-7-19(30-25)18-14-33(21-6-4-5-9-38-21)31-24(18)17-11-16(26)12-20(23(17)27)32-39(3,35)36;1-11(6-17(29)32-2)9-24-20-23-5-4-15(26-20)14-10-25-27-19(14)13-7-12(21)8-16(18(13)22)28-33(3,30)31/h7-8,11-12,14-15,21,32H,4-6,9-10,13H2,1-3H3,(H,28,29,30);4-5,7-8,10-11,28H,6,9H2,1-3H3,(H,25,27)(H,23,24,26)/t15-,21?;11-/m11/s1. The molecule has 0 radical (unpaired) electrons. The number of rotatable bonds is 19. The molecule has 1 fully saturated rings. The van der Waals surface area contributed by atoms with Gasteiger partial charge in [-0.3, -0.25) is 24.1 Å². The van der Waals surface area contributed by atoms with E-state index in [4.69, 9.17) is 32.7 Å². The third-order valence-corrected chi connectivity index (χ3v) is 12.2. The number of nitrogens with zero attached hydrogens (tertiary/aromatic N) is 7. The summed E-state index contributed by atoms with van der Waals surface area (Å²) in [5, 5.41) is 17.8. The highest BCUT2D eigenvalue weighted by molar-refractivity contribution is 7.92. The number of benzene rings is 2. The quantitative estimate of drug-likeness (QED) is 0.0484. The summed E-state index contributed by atoms with van der Waals surface area (Å²) in [7, 11) is -4.82. The van der Waals surface area contributed by atoms with Crippen molar-refractivity contribution in [3.05, 3.63) is 82.9 Å². The fourth-order valence-electron chi connectivity index (χ4n) is 7.22. The molecule has 0 bridgehead atoms. The van der Waals surface area contributed by atoms with Crippen molar-refractivity contribution < 1.29 is 49.4 Å². The molecule has 1 unspecified atom stereocenters. The average Bonchev–Trinajstić information content (AvgIpc) is 4.01. The molecular formula is C45H52Cl2F2N12O9S2.